The number of imidazole rings is 1. The first-order chi connectivity index (χ1) is 22.5. The highest BCUT2D eigenvalue weighted by atomic mass is 19.4. The average molecular weight is 644 g/mol. The van der Waals surface area contributed by atoms with Gasteiger partial charge in [0.1, 0.15) is 23.4 Å². The Morgan fingerprint density at radius 2 is 1.89 bits per heavy atom. The van der Waals surface area contributed by atoms with E-state index in [9.17, 15) is 18.0 Å². The number of rotatable bonds is 9. The fraction of sp³-hybridized carbons (Fsp3) is 0.303. The van der Waals surface area contributed by atoms with Gasteiger partial charge < -0.3 is 15.0 Å². The van der Waals surface area contributed by atoms with Crippen LogP contribution in [0.4, 0.5) is 13.2 Å². The number of alkyl halides is 3. The van der Waals surface area contributed by atoms with Crippen molar-refractivity contribution in [1.82, 2.24) is 34.1 Å². The maximum atomic E-state index is 14.1. The number of fused-ring (bicyclic) bond motifs is 1. The number of nitrogens with two attached hydrogens (primary N) is 1. The van der Waals surface area contributed by atoms with E-state index < -0.39 is 11.9 Å². The van der Waals surface area contributed by atoms with Gasteiger partial charge in [0.15, 0.2) is 11.5 Å². The molecule has 1 aliphatic rings. The van der Waals surface area contributed by atoms with Crippen LogP contribution < -0.4 is 16.0 Å². The summed E-state index contributed by atoms with van der Waals surface area (Å²) in [6, 6.07) is 8.31. The van der Waals surface area contributed by atoms with E-state index in [4.69, 9.17) is 15.5 Å². The Morgan fingerprint density at radius 1 is 1.15 bits per heavy atom. The molecule has 47 heavy (non-hydrogen) atoms. The van der Waals surface area contributed by atoms with Gasteiger partial charge in [-0.15, -0.1) is 0 Å². The van der Waals surface area contributed by atoms with Gasteiger partial charge in [-0.05, 0) is 38.3 Å². The van der Waals surface area contributed by atoms with Crippen molar-refractivity contribution in [2.45, 2.75) is 51.4 Å². The molecule has 1 aromatic carbocycles. The van der Waals surface area contributed by atoms with Crippen LogP contribution in [0.5, 0.6) is 5.88 Å². The normalized spacial score (nSPS) is 14.1. The van der Waals surface area contributed by atoms with Crippen LogP contribution >= 0.6 is 0 Å². The first-order valence-electron chi connectivity index (χ1n) is 14.9. The van der Waals surface area contributed by atoms with Gasteiger partial charge in [-0.1, -0.05) is 24.3 Å². The summed E-state index contributed by atoms with van der Waals surface area (Å²) in [5.74, 6) is 1.10. The van der Waals surface area contributed by atoms with Crippen molar-refractivity contribution in [2.24, 2.45) is 10.7 Å². The van der Waals surface area contributed by atoms with Crippen molar-refractivity contribution in [3.63, 3.8) is 0 Å². The molecule has 0 amide bonds. The maximum Gasteiger partial charge on any atom is 0.434 e. The SMILES string of the molecule is CN=C/C(=C\N)c1cc2cnc(-c3c(OC)ncnc3C3CC3)nc2n(Cc2ccc(-c3nc(C(F)(F)F)cn3C(C)C)cc2)c1=O. The Labute approximate surface area is 267 Å². The highest BCUT2D eigenvalue weighted by Gasteiger charge is 2.35. The van der Waals surface area contributed by atoms with E-state index in [1.807, 2.05) is 0 Å². The zero-order valence-corrected chi connectivity index (χ0v) is 26.2. The summed E-state index contributed by atoms with van der Waals surface area (Å²) >= 11 is 0. The van der Waals surface area contributed by atoms with E-state index in [0.29, 0.717) is 50.6 Å². The summed E-state index contributed by atoms with van der Waals surface area (Å²) in [5, 5.41) is 0.575. The van der Waals surface area contributed by atoms with E-state index in [-0.39, 0.29) is 29.9 Å². The molecule has 1 fully saturated rings. The topological polar surface area (TPSA) is 139 Å². The minimum Gasteiger partial charge on any atom is -0.480 e. The Kier molecular flexibility index (Phi) is 8.34. The van der Waals surface area contributed by atoms with E-state index in [2.05, 4.69) is 24.9 Å². The molecule has 11 nitrogen and oxygen atoms in total. The van der Waals surface area contributed by atoms with Crippen LogP contribution in [-0.4, -0.2) is 54.4 Å². The lowest BCUT2D eigenvalue weighted by molar-refractivity contribution is -0.140. The number of methoxy groups -OCH3 is 1. The van der Waals surface area contributed by atoms with Crippen molar-refractivity contribution >= 4 is 22.8 Å². The minimum absolute atomic E-state index is 0.0886. The number of benzene rings is 1. The lowest BCUT2D eigenvalue weighted by atomic mass is 10.1. The minimum atomic E-state index is -4.57. The molecule has 0 atom stereocenters. The quantitative estimate of drug-likeness (QED) is 0.204. The summed E-state index contributed by atoms with van der Waals surface area (Å²) in [7, 11) is 3.10. The van der Waals surface area contributed by atoms with Crippen molar-refractivity contribution in [3.8, 4) is 28.7 Å². The second-order valence-electron chi connectivity index (χ2n) is 11.5. The van der Waals surface area contributed by atoms with Gasteiger partial charge in [0, 0.05) is 60.3 Å². The molecular formula is C33H32F3N9O2. The Hall–Kier alpha value is -5.40. The van der Waals surface area contributed by atoms with Crippen molar-refractivity contribution in [2.75, 3.05) is 14.2 Å². The number of aromatic nitrogens is 7. The highest BCUT2D eigenvalue weighted by Crippen LogP contribution is 2.45. The van der Waals surface area contributed by atoms with E-state index in [1.54, 1.807) is 57.4 Å². The fourth-order valence-corrected chi connectivity index (χ4v) is 5.47. The number of hydrogen-bond acceptors (Lipinski definition) is 9. The molecule has 4 heterocycles. The van der Waals surface area contributed by atoms with Crippen LogP contribution in [-0.2, 0) is 12.7 Å². The molecular weight excluding hydrogens is 611 g/mol. The summed E-state index contributed by atoms with van der Waals surface area (Å²) in [6.45, 7) is 3.67. The Balaban J connectivity index is 1.48. The third-order valence-corrected chi connectivity index (χ3v) is 7.94. The third kappa shape index (κ3) is 6.10. The smallest absolute Gasteiger partial charge is 0.434 e. The number of halogens is 3. The van der Waals surface area contributed by atoms with E-state index >= 15 is 0 Å². The highest BCUT2D eigenvalue weighted by molar-refractivity contribution is 6.10. The molecule has 5 aromatic rings. The third-order valence-electron chi connectivity index (χ3n) is 7.94. The van der Waals surface area contributed by atoms with E-state index in [0.717, 1.165) is 24.7 Å². The molecule has 0 bridgehead atoms. The summed E-state index contributed by atoms with van der Waals surface area (Å²) < 4.78 is 49.0. The molecule has 0 radical (unpaired) electrons. The number of aliphatic imine (C=N–C) groups is 1. The predicted octanol–water partition coefficient (Wildman–Crippen LogP) is 5.65. The standard InChI is InChI=1S/C33H32F3N9O2/c1-18(2)44-16-25(33(34,35)36)42-29(44)21-7-5-19(6-8-21)15-45-30-22(11-24(32(45)46)23(12-37)13-38-3)14-39-28(43-30)26-27(20-9-10-20)40-17-41-31(26)47-4/h5-8,11-14,16-18,20H,9-10,15,37H2,1-4H3/b23-12+,38-13?. The Morgan fingerprint density at radius 3 is 2.51 bits per heavy atom. The van der Waals surface area contributed by atoms with Crippen LogP contribution in [0.15, 0.2) is 65.0 Å². The molecule has 6 rings (SSSR count). The first-order valence-corrected chi connectivity index (χ1v) is 14.9. The van der Waals surface area contributed by atoms with Gasteiger partial charge in [-0.2, -0.15) is 13.2 Å². The lowest BCUT2D eigenvalue weighted by Crippen LogP contribution is -2.26. The van der Waals surface area contributed by atoms with Crippen LogP contribution in [0, 0.1) is 0 Å². The van der Waals surface area contributed by atoms with Gasteiger partial charge >= 0.3 is 6.18 Å². The molecule has 1 saturated carbocycles. The van der Waals surface area contributed by atoms with Gasteiger partial charge in [0.2, 0.25) is 5.88 Å². The monoisotopic (exact) mass is 643 g/mol. The second-order valence-corrected chi connectivity index (χ2v) is 11.5. The Bertz CT molecular complexity index is 2080. The summed E-state index contributed by atoms with van der Waals surface area (Å²) in [6.07, 6.45) is 4.30. The molecule has 0 spiro atoms. The largest absolute Gasteiger partial charge is 0.480 e. The van der Waals surface area contributed by atoms with Crippen molar-refractivity contribution < 1.29 is 17.9 Å². The summed E-state index contributed by atoms with van der Waals surface area (Å²) in [4.78, 5) is 40.3. The van der Waals surface area contributed by atoms with Gasteiger partial charge in [-0.25, -0.2) is 24.9 Å². The van der Waals surface area contributed by atoms with Crippen molar-refractivity contribution in [3.05, 3.63) is 88.1 Å². The van der Waals surface area contributed by atoms with E-state index in [1.165, 1.54) is 35.0 Å². The number of ether oxygens (including phenoxy) is 1. The zero-order chi connectivity index (χ0) is 33.5. The summed E-state index contributed by atoms with van der Waals surface area (Å²) in [5.41, 5.74) is 8.21. The number of pyridine rings is 1. The molecule has 0 unspecified atom stereocenters. The second kappa shape index (κ2) is 12.4. The van der Waals surface area contributed by atoms with Crippen LogP contribution in [0.25, 0.3) is 39.4 Å². The maximum absolute atomic E-state index is 14.1. The van der Waals surface area contributed by atoms with Crippen LogP contribution in [0.3, 0.4) is 0 Å². The van der Waals surface area contributed by atoms with Gasteiger partial charge in [0.25, 0.3) is 5.56 Å². The molecule has 242 valence electrons. The number of allylic oxidation sites excluding steroid dienone is 1. The first kappa shape index (κ1) is 31.6. The van der Waals surface area contributed by atoms with Gasteiger partial charge in [-0.3, -0.25) is 14.4 Å². The zero-order valence-electron chi connectivity index (χ0n) is 26.2. The molecule has 14 heteroatoms. The number of nitrogens with zero attached hydrogens (tertiary/aromatic N) is 8. The molecule has 0 saturated heterocycles. The lowest BCUT2D eigenvalue weighted by Gasteiger charge is -2.15. The molecule has 2 N–H and O–H groups in total. The van der Waals surface area contributed by atoms with Crippen LogP contribution in [0.2, 0.25) is 0 Å². The number of hydrogen-bond donors (Lipinski definition) is 1. The fourth-order valence-electron chi connectivity index (χ4n) is 5.47. The van der Waals surface area contributed by atoms with Crippen LogP contribution in [0.1, 0.15) is 61.2 Å². The molecule has 0 aliphatic heterocycles. The predicted molar refractivity (Wildman–Crippen MR) is 172 cm³/mol. The average Bonchev–Trinajstić information content (AvgIpc) is 3.80. The van der Waals surface area contributed by atoms with Gasteiger partial charge in [0.05, 0.1) is 24.9 Å². The molecule has 4 aromatic heterocycles. The van der Waals surface area contributed by atoms with Crippen molar-refractivity contribution in [1.29, 1.82) is 0 Å². The molecule has 1 aliphatic carbocycles.